The highest BCUT2D eigenvalue weighted by Crippen LogP contribution is 2.27. The third kappa shape index (κ3) is 5.00. The van der Waals surface area contributed by atoms with Crippen LogP contribution >= 0.6 is 0 Å². The molecule has 0 bridgehead atoms. The topological polar surface area (TPSA) is 70.6 Å². The van der Waals surface area contributed by atoms with Gasteiger partial charge in [0.1, 0.15) is 5.60 Å². The first kappa shape index (κ1) is 16.8. The molecule has 1 heterocycles. The molecule has 2 rings (SSSR count). The van der Waals surface area contributed by atoms with E-state index in [1.54, 1.807) is 0 Å². The van der Waals surface area contributed by atoms with E-state index in [1.165, 1.54) is 0 Å². The molecule has 0 unspecified atom stereocenters. The number of hydrogen-bond acceptors (Lipinski definition) is 4. The van der Waals surface area contributed by atoms with Gasteiger partial charge in [-0.15, -0.1) is 0 Å². The van der Waals surface area contributed by atoms with Crippen LogP contribution in [0.15, 0.2) is 24.3 Å². The number of carbonyl (C=O) groups is 1. The van der Waals surface area contributed by atoms with Crippen molar-refractivity contribution in [2.75, 3.05) is 18.4 Å². The van der Waals surface area contributed by atoms with Crippen molar-refractivity contribution < 1.29 is 14.6 Å². The van der Waals surface area contributed by atoms with Crippen LogP contribution in [-0.4, -0.2) is 35.5 Å². The summed E-state index contributed by atoms with van der Waals surface area (Å²) in [5.74, 6) is 0. The van der Waals surface area contributed by atoms with Crippen LogP contribution in [0.4, 0.5) is 10.5 Å². The van der Waals surface area contributed by atoms with Crippen molar-refractivity contribution in [2.45, 2.75) is 51.2 Å². The molecule has 0 aliphatic carbocycles. The van der Waals surface area contributed by atoms with Crippen molar-refractivity contribution in [1.82, 2.24) is 5.32 Å². The van der Waals surface area contributed by atoms with E-state index in [4.69, 9.17) is 4.74 Å². The quantitative estimate of drug-likeness (QED) is 0.803. The number of amides is 1. The molecule has 0 saturated carbocycles. The number of aliphatic hydroxyl groups is 1. The first-order valence-corrected chi connectivity index (χ1v) is 7.78. The van der Waals surface area contributed by atoms with Gasteiger partial charge in [-0.1, -0.05) is 18.2 Å². The summed E-state index contributed by atoms with van der Waals surface area (Å²) in [6, 6.07) is 7.55. The minimum Gasteiger partial charge on any atom is -0.444 e. The van der Waals surface area contributed by atoms with Gasteiger partial charge in [-0.3, -0.25) is 5.32 Å². The molecule has 0 atom stereocenters. The average molecular weight is 306 g/mol. The predicted octanol–water partition coefficient (Wildman–Crippen LogP) is 2.69. The Morgan fingerprint density at radius 1 is 1.32 bits per heavy atom. The van der Waals surface area contributed by atoms with Crippen LogP contribution in [0.25, 0.3) is 0 Å². The number of hydrogen-bond donors (Lipinski definition) is 3. The highest BCUT2D eigenvalue weighted by atomic mass is 16.6. The summed E-state index contributed by atoms with van der Waals surface area (Å²) in [4.78, 5) is 11.9. The van der Waals surface area contributed by atoms with Gasteiger partial charge in [-0.2, -0.15) is 0 Å². The molecular weight excluding hydrogens is 280 g/mol. The SMILES string of the molecule is CC(C)(C)OC(=O)Nc1ccccc1CC1(O)CCNCC1. The van der Waals surface area contributed by atoms with Gasteiger partial charge in [0.15, 0.2) is 0 Å². The third-order valence-electron chi connectivity index (χ3n) is 3.71. The van der Waals surface area contributed by atoms with Crippen LogP contribution in [0, 0.1) is 0 Å². The number of ether oxygens (including phenoxy) is 1. The standard InChI is InChI=1S/C17H26N2O3/c1-16(2,3)22-15(20)19-14-7-5-4-6-13(14)12-17(21)8-10-18-11-9-17/h4-7,18,21H,8-12H2,1-3H3,(H,19,20). The molecule has 122 valence electrons. The maximum atomic E-state index is 11.9. The van der Waals surface area contributed by atoms with Crippen molar-refractivity contribution in [3.8, 4) is 0 Å². The summed E-state index contributed by atoms with van der Waals surface area (Å²) in [5.41, 5.74) is 0.380. The summed E-state index contributed by atoms with van der Waals surface area (Å²) in [6.45, 7) is 7.12. The van der Waals surface area contributed by atoms with Crippen molar-refractivity contribution in [3.63, 3.8) is 0 Å². The molecule has 1 aromatic carbocycles. The van der Waals surface area contributed by atoms with Gasteiger partial charge < -0.3 is 15.2 Å². The Morgan fingerprint density at radius 3 is 2.59 bits per heavy atom. The first-order valence-electron chi connectivity index (χ1n) is 7.78. The Morgan fingerprint density at radius 2 is 1.95 bits per heavy atom. The van der Waals surface area contributed by atoms with Gasteiger partial charge >= 0.3 is 6.09 Å². The lowest BCUT2D eigenvalue weighted by Gasteiger charge is -2.33. The van der Waals surface area contributed by atoms with Gasteiger partial charge in [-0.05, 0) is 58.3 Å². The molecule has 0 aromatic heterocycles. The zero-order chi connectivity index (χ0) is 16.2. The first-order chi connectivity index (χ1) is 10.3. The van der Waals surface area contributed by atoms with Crippen molar-refractivity contribution in [1.29, 1.82) is 0 Å². The fourth-order valence-corrected chi connectivity index (χ4v) is 2.63. The lowest BCUT2D eigenvalue weighted by atomic mass is 9.85. The largest absolute Gasteiger partial charge is 0.444 e. The fraction of sp³-hybridized carbons (Fsp3) is 0.588. The Labute approximate surface area is 132 Å². The zero-order valence-corrected chi connectivity index (χ0v) is 13.6. The van der Waals surface area contributed by atoms with Crippen LogP contribution < -0.4 is 10.6 Å². The van der Waals surface area contributed by atoms with E-state index < -0.39 is 17.3 Å². The van der Waals surface area contributed by atoms with E-state index in [0.29, 0.717) is 24.9 Å². The molecule has 3 N–H and O–H groups in total. The van der Waals surface area contributed by atoms with Crippen LogP contribution in [0.2, 0.25) is 0 Å². The molecule has 0 spiro atoms. The minimum atomic E-state index is -0.711. The molecule has 1 aromatic rings. The number of nitrogens with one attached hydrogen (secondary N) is 2. The summed E-state index contributed by atoms with van der Waals surface area (Å²) in [7, 11) is 0. The van der Waals surface area contributed by atoms with Gasteiger partial charge in [0.05, 0.1) is 5.60 Å². The van der Waals surface area contributed by atoms with Crippen LogP contribution in [0.5, 0.6) is 0 Å². The summed E-state index contributed by atoms with van der Waals surface area (Å²) in [5, 5.41) is 16.7. The summed E-state index contributed by atoms with van der Waals surface area (Å²) >= 11 is 0. The molecule has 0 radical (unpaired) electrons. The molecule has 22 heavy (non-hydrogen) atoms. The van der Waals surface area contributed by atoms with E-state index in [0.717, 1.165) is 18.7 Å². The monoisotopic (exact) mass is 306 g/mol. The number of anilines is 1. The second-order valence-electron chi connectivity index (χ2n) is 6.94. The molecule has 1 saturated heterocycles. The Hall–Kier alpha value is -1.59. The van der Waals surface area contributed by atoms with E-state index in [9.17, 15) is 9.90 Å². The Balaban J connectivity index is 2.08. The lowest BCUT2D eigenvalue weighted by Crippen LogP contribution is -2.43. The maximum Gasteiger partial charge on any atom is 0.412 e. The maximum absolute atomic E-state index is 11.9. The number of carbonyl (C=O) groups excluding carboxylic acids is 1. The highest BCUT2D eigenvalue weighted by Gasteiger charge is 2.30. The summed E-state index contributed by atoms with van der Waals surface area (Å²) < 4.78 is 5.29. The number of para-hydroxylation sites is 1. The Bertz CT molecular complexity index is 517. The highest BCUT2D eigenvalue weighted by molar-refractivity contribution is 5.86. The van der Waals surface area contributed by atoms with Gasteiger partial charge in [0.25, 0.3) is 0 Å². The predicted molar refractivity (Wildman–Crippen MR) is 87.1 cm³/mol. The molecular formula is C17H26N2O3. The number of piperidine rings is 1. The van der Waals surface area contributed by atoms with E-state index in [-0.39, 0.29) is 0 Å². The van der Waals surface area contributed by atoms with Crippen LogP contribution in [-0.2, 0) is 11.2 Å². The van der Waals surface area contributed by atoms with Crippen molar-refractivity contribution >= 4 is 11.8 Å². The average Bonchev–Trinajstić information content (AvgIpc) is 2.39. The number of benzene rings is 1. The van der Waals surface area contributed by atoms with E-state index in [2.05, 4.69) is 10.6 Å². The smallest absolute Gasteiger partial charge is 0.412 e. The third-order valence-corrected chi connectivity index (χ3v) is 3.71. The fourth-order valence-electron chi connectivity index (χ4n) is 2.63. The second kappa shape index (κ2) is 6.67. The molecule has 5 heteroatoms. The van der Waals surface area contributed by atoms with Crippen LogP contribution in [0.1, 0.15) is 39.2 Å². The van der Waals surface area contributed by atoms with Crippen LogP contribution in [0.3, 0.4) is 0 Å². The van der Waals surface area contributed by atoms with Gasteiger partial charge in [0.2, 0.25) is 0 Å². The zero-order valence-electron chi connectivity index (χ0n) is 13.6. The normalized spacial score (nSPS) is 17.8. The molecule has 1 aliphatic heterocycles. The second-order valence-corrected chi connectivity index (χ2v) is 6.94. The minimum absolute atomic E-state index is 0.475. The van der Waals surface area contributed by atoms with Crippen molar-refractivity contribution in [2.24, 2.45) is 0 Å². The number of rotatable bonds is 3. The summed E-state index contributed by atoms with van der Waals surface area (Å²) in [6.07, 6.45) is 1.49. The molecule has 5 nitrogen and oxygen atoms in total. The van der Waals surface area contributed by atoms with Gasteiger partial charge in [-0.25, -0.2) is 4.79 Å². The Kier molecular flexibility index (Phi) is 5.08. The van der Waals surface area contributed by atoms with E-state index >= 15 is 0 Å². The van der Waals surface area contributed by atoms with Crippen molar-refractivity contribution in [3.05, 3.63) is 29.8 Å². The van der Waals surface area contributed by atoms with E-state index in [1.807, 2.05) is 45.0 Å². The lowest BCUT2D eigenvalue weighted by molar-refractivity contribution is 0.0109. The van der Waals surface area contributed by atoms with Gasteiger partial charge in [0, 0.05) is 12.1 Å². The molecule has 1 fully saturated rings. The molecule has 1 aliphatic rings. The molecule has 1 amide bonds.